The van der Waals surface area contributed by atoms with E-state index >= 15 is 0 Å². The molecule has 1 heterocycles. The Morgan fingerprint density at radius 2 is 1.68 bits per heavy atom. The molecule has 0 amide bonds. The molecular formula is C17H22OS. The van der Waals surface area contributed by atoms with Gasteiger partial charge in [-0.2, -0.15) is 0 Å². The van der Waals surface area contributed by atoms with E-state index in [1.54, 1.807) is 11.3 Å². The highest BCUT2D eigenvalue weighted by Gasteiger charge is 2.37. The molecule has 1 N–H and O–H groups in total. The first-order valence-corrected chi connectivity index (χ1v) is 7.75. The summed E-state index contributed by atoms with van der Waals surface area (Å²) >= 11 is 1.70. The Kier molecular flexibility index (Phi) is 4.43. The summed E-state index contributed by atoms with van der Waals surface area (Å²) in [7, 11) is 0. The standard InChI is InChI=1S/C17H22OS/c1-4-17(5-2,14-9-7-6-8-10-14)16(18)15-12-11-13(3)19-15/h6-12,16,18H,4-5H2,1-3H3. The second kappa shape index (κ2) is 5.89. The number of rotatable bonds is 5. The Hall–Kier alpha value is -1.12. The van der Waals surface area contributed by atoms with Gasteiger partial charge in [0, 0.05) is 15.2 Å². The van der Waals surface area contributed by atoms with Gasteiger partial charge in [-0.3, -0.25) is 0 Å². The van der Waals surface area contributed by atoms with Crippen LogP contribution in [0.5, 0.6) is 0 Å². The average molecular weight is 274 g/mol. The lowest BCUT2D eigenvalue weighted by atomic mass is 9.71. The van der Waals surface area contributed by atoms with E-state index in [4.69, 9.17) is 0 Å². The molecule has 1 atom stereocenters. The van der Waals surface area contributed by atoms with E-state index in [9.17, 15) is 5.11 Å². The number of aliphatic hydroxyl groups excluding tert-OH is 1. The second-order valence-electron chi connectivity index (χ2n) is 5.08. The minimum absolute atomic E-state index is 0.182. The maximum Gasteiger partial charge on any atom is 0.0978 e. The van der Waals surface area contributed by atoms with E-state index in [1.165, 1.54) is 10.4 Å². The fourth-order valence-corrected chi connectivity index (χ4v) is 3.83. The van der Waals surface area contributed by atoms with Crippen LogP contribution in [0.4, 0.5) is 0 Å². The first-order valence-electron chi connectivity index (χ1n) is 6.94. The minimum atomic E-state index is -0.427. The third-order valence-electron chi connectivity index (χ3n) is 4.16. The van der Waals surface area contributed by atoms with E-state index in [0.29, 0.717) is 0 Å². The van der Waals surface area contributed by atoms with Crippen molar-refractivity contribution in [2.75, 3.05) is 0 Å². The summed E-state index contributed by atoms with van der Waals surface area (Å²) in [6.07, 6.45) is 1.45. The highest BCUT2D eigenvalue weighted by molar-refractivity contribution is 7.12. The molecule has 1 aromatic heterocycles. The van der Waals surface area contributed by atoms with Crippen LogP contribution in [0.2, 0.25) is 0 Å². The summed E-state index contributed by atoms with van der Waals surface area (Å²) < 4.78 is 0. The molecule has 102 valence electrons. The van der Waals surface area contributed by atoms with Crippen molar-refractivity contribution < 1.29 is 5.11 Å². The SMILES string of the molecule is CCC(CC)(c1ccccc1)C(O)c1ccc(C)s1. The molecule has 2 heteroatoms. The lowest BCUT2D eigenvalue weighted by molar-refractivity contribution is 0.0758. The number of hydrogen-bond acceptors (Lipinski definition) is 2. The summed E-state index contributed by atoms with van der Waals surface area (Å²) in [6, 6.07) is 14.6. The molecule has 1 nitrogen and oxygen atoms in total. The Bertz CT molecular complexity index is 511. The fourth-order valence-electron chi connectivity index (χ4n) is 2.85. The van der Waals surface area contributed by atoms with Crippen molar-refractivity contribution in [1.29, 1.82) is 0 Å². The van der Waals surface area contributed by atoms with Crippen molar-refractivity contribution in [1.82, 2.24) is 0 Å². The zero-order valence-electron chi connectivity index (χ0n) is 11.9. The van der Waals surface area contributed by atoms with E-state index in [0.717, 1.165) is 17.7 Å². The third kappa shape index (κ3) is 2.60. The summed E-state index contributed by atoms with van der Waals surface area (Å²) in [5.41, 5.74) is 1.05. The zero-order chi connectivity index (χ0) is 13.9. The number of hydrogen-bond donors (Lipinski definition) is 1. The fraction of sp³-hybridized carbons (Fsp3) is 0.412. The first-order chi connectivity index (χ1) is 9.14. The van der Waals surface area contributed by atoms with Crippen LogP contribution >= 0.6 is 11.3 Å². The molecule has 19 heavy (non-hydrogen) atoms. The van der Waals surface area contributed by atoms with Crippen LogP contribution in [0, 0.1) is 6.92 Å². The molecule has 0 bridgehead atoms. The molecule has 2 rings (SSSR count). The van der Waals surface area contributed by atoms with Crippen molar-refractivity contribution in [2.24, 2.45) is 0 Å². The maximum atomic E-state index is 10.9. The van der Waals surface area contributed by atoms with Crippen molar-refractivity contribution >= 4 is 11.3 Å². The lowest BCUT2D eigenvalue weighted by Gasteiger charge is -2.37. The normalized spacial score (nSPS) is 13.5. The number of thiophene rings is 1. The van der Waals surface area contributed by atoms with Gasteiger partial charge in [-0.1, -0.05) is 44.2 Å². The molecule has 0 aliphatic heterocycles. The van der Waals surface area contributed by atoms with Gasteiger partial charge in [-0.05, 0) is 37.5 Å². The summed E-state index contributed by atoms with van der Waals surface area (Å²) in [6.45, 7) is 6.42. The van der Waals surface area contributed by atoms with Crippen LogP contribution in [-0.2, 0) is 5.41 Å². The molecule has 0 aliphatic rings. The Morgan fingerprint density at radius 3 is 2.16 bits per heavy atom. The number of aryl methyl sites for hydroxylation is 1. The summed E-state index contributed by atoms with van der Waals surface area (Å²) in [5.74, 6) is 0. The van der Waals surface area contributed by atoms with Gasteiger partial charge in [-0.25, -0.2) is 0 Å². The van der Waals surface area contributed by atoms with Gasteiger partial charge in [-0.15, -0.1) is 11.3 Å². The Labute approximate surface area is 119 Å². The highest BCUT2D eigenvalue weighted by Crippen LogP contribution is 2.44. The molecule has 1 aromatic carbocycles. The van der Waals surface area contributed by atoms with Crippen molar-refractivity contribution in [3.8, 4) is 0 Å². The second-order valence-corrected chi connectivity index (χ2v) is 6.40. The lowest BCUT2D eigenvalue weighted by Crippen LogP contribution is -2.32. The maximum absolute atomic E-state index is 10.9. The Morgan fingerprint density at radius 1 is 1.05 bits per heavy atom. The van der Waals surface area contributed by atoms with Gasteiger partial charge in [0.05, 0.1) is 6.10 Å². The smallest absolute Gasteiger partial charge is 0.0978 e. The molecule has 2 aromatic rings. The number of benzene rings is 1. The molecule has 0 aliphatic carbocycles. The molecule has 0 fully saturated rings. The topological polar surface area (TPSA) is 20.2 Å². The van der Waals surface area contributed by atoms with Gasteiger partial charge in [0.25, 0.3) is 0 Å². The zero-order valence-corrected chi connectivity index (χ0v) is 12.7. The van der Waals surface area contributed by atoms with Crippen molar-refractivity contribution in [3.63, 3.8) is 0 Å². The van der Waals surface area contributed by atoms with Crippen LogP contribution in [-0.4, -0.2) is 5.11 Å². The van der Waals surface area contributed by atoms with Crippen LogP contribution in [0.1, 0.15) is 48.1 Å². The van der Waals surface area contributed by atoms with Crippen molar-refractivity contribution in [2.45, 2.75) is 45.1 Å². The van der Waals surface area contributed by atoms with Gasteiger partial charge < -0.3 is 5.11 Å². The first kappa shape index (κ1) is 14.3. The molecule has 0 radical (unpaired) electrons. The molecule has 0 spiro atoms. The largest absolute Gasteiger partial charge is 0.387 e. The highest BCUT2D eigenvalue weighted by atomic mass is 32.1. The van der Waals surface area contributed by atoms with Gasteiger partial charge in [0.15, 0.2) is 0 Å². The molecular weight excluding hydrogens is 252 g/mol. The van der Waals surface area contributed by atoms with Crippen LogP contribution in [0.25, 0.3) is 0 Å². The third-order valence-corrected chi connectivity index (χ3v) is 5.22. The van der Waals surface area contributed by atoms with Crippen molar-refractivity contribution in [3.05, 3.63) is 57.8 Å². The van der Waals surface area contributed by atoms with Gasteiger partial charge >= 0.3 is 0 Å². The predicted octanol–water partition coefficient (Wildman–Crippen LogP) is 4.85. The quantitative estimate of drug-likeness (QED) is 0.826. The van der Waals surface area contributed by atoms with E-state index in [-0.39, 0.29) is 5.41 Å². The monoisotopic (exact) mass is 274 g/mol. The number of aliphatic hydroxyl groups is 1. The predicted molar refractivity (Wildman–Crippen MR) is 82.7 cm³/mol. The Balaban J connectivity index is 2.45. The summed E-state index contributed by atoms with van der Waals surface area (Å²) in [5, 5.41) is 10.9. The van der Waals surface area contributed by atoms with Crippen LogP contribution < -0.4 is 0 Å². The minimum Gasteiger partial charge on any atom is -0.387 e. The van der Waals surface area contributed by atoms with Crippen LogP contribution in [0.3, 0.4) is 0 Å². The van der Waals surface area contributed by atoms with E-state index < -0.39 is 6.10 Å². The molecule has 1 unspecified atom stereocenters. The average Bonchev–Trinajstić information content (AvgIpc) is 2.88. The van der Waals surface area contributed by atoms with Gasteiger partial charge in [0.1, 0.15) is 0 Å². The van der Waals surface area contributed by atoms with E-state index in [1.807, 2.05) is 6.07 Å². The summed E-state index contributed by atoms with van der Waals surface area (Å²) in [4.78, 5) is 2.33. The van der Waals surface area contributed by atoms with Gasteiger partial charge in [0.2, 0.25) is 0 Å². The van der Waals surface area contributed by atoms with Crippen LogP contribution in [0.15, 0.2) is 42.5 Å². The molecule has 0 saturated carbocycles. The van der Waals surface area contributed by atoms with E-state index in [2.05, 4.69) is 57.2 Å². The molecule has 0 saturated heterocycles.